The Balaban J connectivity index is 2.10. The Bertz CT molecular complexity index is 848. The van der Waals surface area contributed by atoms with E-state index in [1.54, 1.807) is 12.1 Å². The number of aryl methyl sites for hydroxylation is 2. The quantitative estimate of drug-likeness (QED) is 0.791. The van der Waals surface area contributed by atoms with Gasteiger partial charge in [-0.2, -0.15) is 5.10 Å². The number of hydrogen-bond acceptors (Lipinski definition) is 2. The van der Waals surface area contributed by atoms with E-state index in [1.165, 1.54) is 0 Å². The maximum Gasteiger partial charge on any atom is 0.336 e. The van der Waals surface area contributed by atoms with Gasteiger partial charge in [0.2, 0.25) is 0 Å². The summed E-state index contributed by atoms with van der Waals surface area (Å²) in [5.74, 6) is -0.907. The van der Waals surface area contributed by atoms with Gasteiger partial charge in [0, 0.05) is 24.1 Å². The summed E-state index contributed by atoms with van der Waals surface area (Å²) in [6, 6.07) is 7.17. The zero-order valence-electron chi connectivity index (χ0n) is 11.7. The van der Waals surface area contributed by atoms with E-state index in [0.717, 1.165) is 26.8 Å². The molecule has 108 valence electrons. The van der Waals surface area contributed by atoms with Crippen molar-refractivity contribution in [2.24, 2.45) is 7.05 Å². The fourth-order valence-corrected chi connectivity index (χ4v) is 3.02. The van der Waals surface area contributed by atoms with E-state index in [-0.39, 0.29) is 0 Å². The molecule has 0 bridgehead atoms. The van der Waals surface area contributed by atoms with E-state index in [9.17, 15) is 9.90 Å². The topological polar surface area (TPSA) is 60.0 Å². The number of benzene rings is 1. The summed E-state index contributed by atoms with van der Waals surface area (Å²) >= 11 is 3.56. The predicted molar refractivity (Wildman–Crippen MR) is 83.6 cm³/mol. The van der Waals surface area contributed by atoms with Crippen molar-refractivity contribution < 1.29 is 9.90 Å². The number of carboxylic acids is 1. The van der Waals surface area contributed by atoms with Gasteiger partial charge in [0.25, 0.3) is 0 Å². The maximum atomic E-state index is 11.3. The zero-order chi connectivity index (χ0) is 15.1. The molecule has 0 aliphatic heterocycles. The third-order valence-electron chi connectivity index (χ3n) is 3.63. The highest BCUT2D eigenvalue weighted by Crippen LogP contribution is 2.25. The molecule has 3 aromatic rings. The molecule has 0 aliphatic carbocycles. The zero-order valence-corrected chi connectivity index (χ0v) is 13.3. The normalized spacial score (nSPS) is 11.2. The van der Waals surface area contributed by atoms with E-state index in [2.05, 4.69) is 21.0 Å². The van der Waals surface area contributed by atoms with Crippen LogP contribution in [0, 0.1) is 6.92 Å². The SMILES string of the molecule is Cc1nn(C)c(Cn2ccc3c(C(=O)O)cccc32)c1Br. The van der Waals surface area contributed by atoms with Crippen molar-refractivity contribution in [1.29, 1.82) is 0 Å². The van der Waals surface area contributed by atoms with Gasteiger partial charge in [0.15, 0.2) is 0 Å². The molecule has 0 amide bonds. The Labute approximate surface area is 129 Å². The van der Waals surface area contributed by atoms with Gasteiger partial charge < -0.3 is 9.67 Å². The Morgan fingerprint density at radius 1 is 1.38 bits per heavy atom. The fourth-order valence-electron chi connectivity index (χ4n) is 2.56. The van der Waals surface area contributed by atoms with Crippen molar-refractivity contribution in [3.63, 3.8) is 0 Å². The monoisotopic (exact) mass is 347 g/mol. The van der Waals surface area contributed by atoms with Crippen molar-refractivity contribution in [2.45, 2.75) is 13.5 Å². The average Bonchev–Trinajstić information content (AvgIpc) is 2.95. The van der Waals surface area contributed by atoms with Crippen molar-refractivity contribution in [1.82, 2.24) is 14.3 Å². The van der Waals surface area contributed by atoms with Crippen LogP contribution in [0.15, 0.2) is 34.9 Å². The Morgan fingerprint density at radius 3 is 2.76 bits per heavy atom. The highest BCUT2D eigenvalue weighted by Gasteiger charge is 2.14. The predicted octanol–water partition coefficient (Wildman–Crippen LogP) is 3.19. The molecule has 0 atom stereocenters. The van der Waals surface area contributed by atoms with Crippen LogP contribution in [0.4, 0.5) is 0 Å². The van der Waals surface area contributed by atoms with Crippen molar-refractivity contribution in [2.75, 3.05) is 0 Å². The number of carbonyl (C=O) groups is 1. The molecule has 2 aromatic heterocycles. The van der Waals surface area contributed by atoms with Crippen LogP contribution in [0.5, 0.6) is 0 Å². The molecule has 3 rings (SSSR count). The van der Waals surface area contributed by atoms with Crippen molar-refractivity contribution in [3.8, 4) is 0 Å². The number of rotatable bonds is 3. The standard InChI is InChI=1S/C15H14BrN3O2/c1-9-14(16)13(18(2)17-9)8-19-7-6-10-11(15(20)21)4-3-5-12(10)19/h3-7H,8H2,1-2H3,(H,20,21). The number of carboxylic acid groups (broad SMARTS) is 1. The Hall–Kier alpha value is -2.08. The molecule has 0 unspecified atom stereocenters. The highest BCUT2D eigenvalue weighted by atomic mass is 79.9. The summed E-state index contributed by atoms with van der Waals surface area (Å²) in [6.07, 6.45) is 1.91. The lowest BCUT2D eigenvalue weighted by molar-refractivity contribution is 0.0699. The molecule has 5 nitrogen and oxygen atoms in total. The number of nitrogens with zero attached hydrogens (tertiary/aromatic N) is 3. The van der Waals surface area contributed by atoms with E-state index >= 15 is 0 Å². The van der Waals surface area contributed by atoms with Gasteiger partial charge in [-0.1, -0.05) is 6.07 Å². The molecule has 0 saturated heterocycles. The van der Waals surface area contributed by atoms with E-state index in [4.69, 9.17) is 0 Å². The molecule has 0 fully saturated rings. The highest BCUT2D eigenvalue weighted by molar-refractivity contribution is 9.10. The Kier molecular flexibility index (Phi) is 3.33. The van der Waals surface area contributed by atoms with Gasteiger partial charge in [0.05, 0.1) is 28.0 Å². The molecule has 1 N–H and O–H groups in total. The second-order valence-corrected chi connectivity index (χ2v) is 5.75. The first-order chi connectivity index (χ1) is 9.99. The van der Waals surface area contributed by atoms with Crippen LogP contribution in [0.3, 0.4) is 0 Å². The van der Waals surface area contributed by atoms with E-state index in [1.807, 2.05) is 41.5 Å². The van der Waals surface area contributed by atoms with Crippen molar-refractivity contribution >= 4 is 32.8 Å². The largest absolute Gasteiger partial charge is 0.478 e. The molecule has 1 aromatic carbocycles. The van der Waals surface area contributed by atoms with Crippen LogP contribution in [-0.2, 0) is 13.6 Å². The second-order valence-electron chi connectivity index (χ2n) is 4.96. The van der Waals surface area contributed by atoms with Gasteiger partial charge in [-0.3, -0.25) is 4.68 Å². The van der Waals surface area contributed by atoms with Crippen LogP contribution < -0.4 is 0 Å². The summed E-state index contributed by atoms with van der Waals surface area (Å²) in [5.41, 5.74) is 3.22. The van der Waals surface area contributed by atoms with Gasteiger partial charge in [-0.25, -0.2) is 4.79 Å². The van der Waals surface area contributed by atoms with Gasteiger partial charge in [-0.05, 0) is 41.1 Å². The minimum atomic E-state index is -0.907. The number of aromatic carboxylic acids is 1. The lowest BCUT2D eigenvalue weighted by Gasteiger charge is -2.07. The van der Waals surface area contributed by atoms with Gasteiger partial charge >= 0.3 is 5.97 Å². The fraction of sp³-hybridized carbons (Fsp3) is 0.200. The third kappa shape index (κ3) is 2.25. The van der Waals surface area contributed by atoms with E-state index < -0.39 is 5.97 Å². The first kappa shape index (κ1) is 13.9. The summed E-state index contributed by atoms with van der Waals surface area (Å²) in [7, 11) is 1.90. The first-order valence-corrected chi connectivity index (χ1v) is 7.27. The molecule has 2 heterocycles. The number of aromatic nitrogens is 3. The van der Waals surface area contributed by atoms with Gasteiger partial charge in [-0.15, -0.1) is 0 Å². The average molecular weight is 348 g/mol. The molecule has 21 heavy (non-hydrogen) atoms. The summed E-state index contributed by atoms with van der Waals surface area (Å²) < 4.78 is 4.86. The maximum absolute atomic E-state index is 11.3. The summed E-state index contributed by atoms with van der Waals surface area (Å²) in [4.78, 5) is 11.3. The summed E-state index contributed by atoms with van der Waals surface area (Å²) in [5, 5.41) is 14.4. The summed E-state index contributed by atoms with van der Waals surface area (Å²) in [6.45, 7) is 2.58. The van der Waals surface area contributed by atoms with Crippen LogP contribution in [0.25, 0.3) is 10.9 Å². The number of halogens is 1. The van der Waals surface area contributed by atoms with Crippen LogP contribution in [0.1, 0.15) is 21.7 Å². The molecule has 6 heteroatoms. The number of hydrogen-bond donors (Lipinski definition) is 1. The second kappa shape index (κ2) is 5.04. The van der Waals surface area contributed by atoms with Crippen LogP contribution >= 0.6 is 15.9 Å². The Morgan fingerprint density at radius 2 is 2.14 bits per heavy atom. The van der Waals surface area contributed by atoms with Gasteiger partial charge in [0.1, 0.15) is 0 Å². The smallest absolute Gasteiger partial charge is 0.336 e. The first-order valence-electron chi connectivity index (χ1n) is 6.48. The lowest BCUT2D eigenvalue weighted by Crippen LogP contribution is -2.05. The molecule has 0 radical (unpaired) electrons. The third-order valence-corrected chi connectivity index (χ3v) is 4.66. The van der Waals surface area contributed by atoms with Crippen LogP contribution in [-0.4, -0.2) is 25.4 Å². The lowest BCUT2D eigenvalue weighted by atomic mass is 10.1. The molecular formula is C15H14BrN3O2. The molecule has 0 saturated carbocycles. The van der Waals surface area contributed by atoms with E-state index in [0.29, 0.717) is 12.1 Å². The minimum absolute atomic E-state index is 0.325. The minimum Gasteiger partial charge on any atom is -0.478 e. The molecular weight excluding hydrogens is 334 g/mol. The number of fused-ring (bicyclic) bond motifs is 1. The van der Waals surface area contributed by atoms with Crippen LogP contribution in [0.2, 0.25) is 0 Å². The van der Waals surface area contributed by atoms with Crippen molar-refractivity contribution in [3.05, 3.63) is 51.9 Å². The molecule has 0 spiro atoms. The molecule has 0 aliphatic rings.